The summed E-state index contributed by atoms with van der Waals surface area (Å²) in [7, 11) is 0. The van der Waals surface area contributed by atoms with Gasteiger partial charge in [-0.25, -0.2) is 18.4 Å². The molecule has 0 atom stereocenters. The van der Waals surface area contributed by atoms with Crippen LogP contribution in [0.5, 0.6) is 0 Å². The fourth-order valence-electron chi connectivity index (χ4n) is 3.92. The third-order valence-electron chi connectivity index (χ3n) is 5.75. The highest BCUT2D eigenvalue weighted by Gasteiger charge is 2.25. The number of amides is 1. The van der Waals surface area contributed by atoms with Crippen molar-refractivity contribution < 1.29 is 23.8 Å². The molecule has 0 aliphatic rings. The van der Waals surface area contributed by atoms with E-state index in [2.05, 4.69) is 20.6 Å². The summed E-state index contributed by atoms with van der Waals surface area (Å²) in [5.74, 6) is -2.15. The zero-order chi connectivity index (χ0) is 28.0. The van der Waals surface area contributed by atoms with Crippen LogP contribution in [0.15, 0.2) is 36.5 Å². The number of nitrogens with zero attached hydrogens (tertiary/aromatic N) is 4. The van der Waals surface area contributed by atoms with Gasteiger partial charge in [-0.15, -0.1) is 16.4 Å². The second-order valence-corrected chi connectivity index (χ2v) is 11.2. The minimum absolute atomic E-state index is 0.0475. The monoisotopic (exact) mass is 542 g/mol. The largest absolute Gasteiger partial charge is 0.389 e. The smallest absolute Gasteiger partial charge is 0.251 e. The molecule has 0 fully saturated rings. The number of aliphatic hydroxyl groups is 2. The van der Waals surface area contributed by atoms with E-state index < -0.39 is 28.7 Å². The zero-order valence-corrected chi connectivity index (χ0v) is 22.3. The van der Waals surface area contributed by atoms with Gasteiger partial charge in [-0.2, -0.15) is 0 Å². The second kappa shape index (κ2) is 9.86. The Morgan fingerprint density at radius 2 is 1.79 bits per heavy atom. The number of rotatable bonds is 8. The first kappa shape index (κ1) is 27.3. The van der Waals surface area contributed by atoms with E-state index in [1.165, 1.54) is 19.9 Å². The number of anilines is 2. The highest BCUT2D eigenvalue weighted by atomic mass is 32.1. The fraction of sp³-hybridized carbons (Fsp3) is 0.308. The number of hydrogen-bond acceptors (Lipinski definition) is 8. The number of halogens is 2. The Hall–Kier alpha value is -3.74. The number of carbonyl (C=O) groups excluding carboxylic acids is 1. The molecule has 3 heterocycles. The van der Waals surface area contributed by atoms with Gasteiger partial charge in [0.1, 0.15) is 22.5 Å². The molecule has 38 heavy (non-hydrogen) atoms. The summed E-state index contributed by atoms with van der Waals surface area (Å²) in [4.78, 5) is 16.9. The highest BCUT2D eigenvalue weighted by molar-refractivity contribution is 7.20. The van der Waals surface area contributed by atoms with Gasteiger partial charge in [-0.3, -0.25) is 4.79 Å². The lowest BCUT2D eigenvalue weighted by atomic mass is 9.96. The number of aromatic nitrogens is 4. The van der Waals surface area contributed by atoms with Crippen LogP contribution >= 0.6 is 11.3 Å². The summed E-state index contributed by atoms with van der Waals surface area (Å²) >= 11 is 0.948. The molecule has 1 aromatic carbocycles. The molecule has 12 heteroatoms. The van der Waals surface area contributed by atoms with Gasteiger partial charge in [0.15, 0.2) is 0 Å². The van der Waals surface area contributed by atoms with Crippen LogP contribution in [0.25, 0.3) is 21.7 Å². The SMILES string of the molecule is Cc1nc(Nc2sc(-c3c(F)cc(C(C)(C)O)cc3F)cc2C(N)=O)ccc1-c1cnnn1CC(C)(C)O. The Kier molecular flexibility index (Phi) is 7.08. The van der Waals surface area contributed by atoms with Crippen molar-refractivity contribution in [2.75, 3.05) is 5.32 Å². The molecule has 0 saturated carbocycles. The van der Waals surface area contributed by atoms with Crippen molar-refractivity contribution in [3.05, 3.63) is 65.0 Å². The normalized spacial score (nSPS) is 12.1. The molecule has 1 amide bonds. The number of pyridine rings is 1. The maximum Gasteiger partial charge on any atom is 0.251 e. The first-order valence-electron chi connectivity index (χ1n) is 11.7. The van der Waals surface area contributed by atoms with E-state index in [1.807, 2.05) is 0 Å². The van der Waals surface area contributed by atoms with Gasteiger partial charge >= 0.3 is 0 Å². The minimum atomic E-state index is -1.43. The van der Waals surface area contributed by atoms with Crippen molar-refractivity contribution in [1.29, 1.82) is 0 Å². The summed E-state index contributed by atoms with van der Waals surface area (Å²) in [6.45, 7) is 8.20. The Bertz CT molecular complexity index is 1500. The van der Waals surface area contributed by atoms with Gasteiger partial charge in [0.05, 0.1) is 40.8 Å². The first-order valence-corrected chi connectivity index (χ1v) is 12.5. The van der Waals surface area contributed by atoms with Crippen LogP contribution in [0.2, 0.25) is 0 Å². The quantitative estimate of drug-likeness (QED) is 0.257. The molecule has 0 radical (unpaired) electrons. The molecule has 3 aromatic heterocycles. The Morgan fingerprint density at radius 3 is 2.34 bits per heavy atom. The molecule has 9 nitrogen and oxygen atoms in total. The predicted molar refractivity (Wildman–Crippen MR) is 141 cm³/mol. The fourth-order valence-corrected chi connectivity index (χ4v) is 5.04. The van der Waals surface area contributed by atoms with Gasteiger partial charge in [-0.05, 0) is 70.5 Å². The lowest BCUT2D eigenvalue weighted by Crippen LogP contribution is -2.27. The van der Waals surface area contributed by atoms with E-state index in [9.17, 15) is 23.8 Å². The molecule has 0 aliphatic carbocycles. The van der Waals surface area contributed by atoms with E-state index in [0.717, 1.165) is 29.0 Å². The van der Waals surface area contributed by atoms with Gasteiger partial charge < -0.3 is 21.3 Å². The lowest BCUT2D eigenvalue weighted by Gasteiger charge is -2.18. The minimum Gasteiger partial charge on any atom is -0.389 e. The molecular weight excluding hydrogens is 514 g/mol. The number of aryl methyl sites for hydroxylation is 1. The number of thiophene rings is 1. The van der Waals surface area contributed by atoms with Crippen LogP contribution < -0.4 is 11.1 Å². The Labute approximate surface area is 222 Å². The summed E-state index contributed by atoms with van der Waals surface area (Å²) < 4.78 is 31.5. The van der Waals surface area contributed by atoms with E-state index in [1.54, 1.807) is 43.8 Å². The summed E-state index contributed by atoms with van der Waals surface area (Å²) in [5, 5.41) is 31.6. The first-order chi connectivity index (χ1) is 17.6. The summed E-state index contributed by atoms with van der Waals surface area (Å²) in [5.41, 5.74) is 4.95. The van der Waals surface area contributed by atoms with E-state index >= 15 is 0 Å². The van der Waals surface area contributed by atoms with Crippen molar-refractivity contribution in [2.45, 2.75) is 52.4 Å². The molecule has 0 spiro atoms. The summed E-state index contributed by atoms with van der Waals surface area (Å²) in [6, 6.07) is 6.92. The van der Waals surface area contributed by atoms with Crippen molar-refractivity contribution in [2.24, 2.45) is 5.73 Å². The number of hydrogen-bond donors (Lipinski definition) is 4. The van der Waals surface area contributed by atoms with Gasteiger partial charge in [-0.1, -0.05) is 5.21 Å². The Morgan fingerprint density at radius 1 is 1.13 bits per heavy atom. The van der Waals surface area contributed by atoms with Crippen LogP contribution in [0.1, 0.15) is 49.3 Å². The molecule has 200 valence electrons. The van der Waals surface area contributed by atoms with Gasteiger partial charge in [0.25, 0.3) is 5.91 Å². The lowest BCUT2D eigenvalue weighted by molar-refractivity contribution is 0.0576. The van der Waals surface area contributed by atoms with Crippen LogP contribution in [0, 0.1) is 18.6 Å². The maximum atomic E-state index is 14.9. The van der Waals surface area contributed by atoms with Gasteiger partial charge in [0.2, 0.25) is 0 Å². The molecule has 0 saturated heterocycles. The second-order valence-electron chi connectivity index (χ2n) is 10.1. The van der Waals surface area contributed by atoms with Gasteiger partial charge in [0, 0.05) is 16.1 Å². The topological polar surface area (TPSA) is 139 Å². The molecular formula is C26H28F2N6O3S. The molecule has 0 aliphatic heterocycles. The van der Waals surface area contributed by atoms with Crippen molar-refractivity contribution in [1.82, 2.24) is 20.0 Å². The van der Waals surface area contributed by atoms with E-state index in [0.29, 0.717) is 17.2 Å². The predicted octanol–water partition coefficient (Wildman–Crippen LogP) is 4.50. The number of primary amides is 1. The third-order valence-corrected chi connectivity index (χ3v) is 6.82. The average Bonchev–Trinajstić information content (AvgIpc) is 3.39. The highest BCUT2D eigenvalue weighted by Crippen LogP contribution is 2.40. The third kappa shape index (κ3) is 5.72. The standard InChI is InChI=1S/C26H28F2N6O3S/c1-13-15(19-11-30-33-34(19)12-25(2,3)36)6-7-21(31-13)32-24-16(23(29)35)10-20(38-24)22-17(27)8-14(9-18(22)28)26(4,5)37/h6-11,36-37H,12H2,1-5H3,(H2,29,35)(H,31,32). The van der Waals surface area contributed by atoms with Crippen LogP contribution in [0.4, 0.5) is 19.6 Å². The average molecular weight is 543 g/mol. The Balaban J connectivity index is 1.68. The zero-order valence-electron chi connectivity index (χ0n) is 21.5. The summed E-state index contributed by atoms with van der Waals surface area (Å²) in [6.07, 6.45) is 1.58. The van der Waals surface area contributed by atoms with Crippen molar-refractivity contribution in [3.63, 3.8) is 0 Å². The molecule has 4 aromatic rings. The molecule has 0 bridgehead atoms. The molecule has 5 N–H and O–H groups in total. The molecule has 4 rings (SSSR count). The van der Waals surface area contributed by atoms with Crippen molar-refractivity contribution >= 4 is 28.1 Å². The maximum absolute atomic E-state index is 14.9. The van der Waals surface area contributed by atoms with Crippen LogP contribution in [-0.4, -0.2) is 41.7 Å². The number of carbonyl (C=O) groups is 1. The number of nitrogens with two attached hydrogens (primary N) is 1. The van der Waals surface area contributed by atoms with Crippen molar-refractivity contribution in [3.8, 4) is 21.7 Å². The van der Waals surface area contributed by atoms with Crippen LogP contribution in [-0.2, 0) is 12.1 Å². The number of nitrogens with one attached hydrogen (secondary N) is 1. The van der Waals surface area contributed by atoms with E-state index in [-0.39, 0.29) is 33.1 Å². The number of benzene rings is 1. The van der Waals surface area contributed by atoms with Crippen LogP contribution in [0.3, 0.4) is 0 Å². The molecule has 0 unspecified atom stereocenters. The van der Waals surface area contributed by atoms with E-state index in [4.69, 9.17) is 5.73 Å².